The fourth-order valence-corrected chi connectivity index (χ4v) is 9.55. The second kappa shape index (κ2) is 9.25. The molecule has 5 atom stereocenters. The van der Waals surface area contributed by atoms with Crippen molar-refractivity contribution in [1.82, 2.24) is 0 Å². The van der Waals surface area contributed by atoms with Crippen LogP contribution in [-0.4, -0.2) is 38.8 Å². The van der Waals surface area contributed by atoms with Crippen LogP contribution in [0.2, 0.25) is 13.1 Å². The van der Waals surface area contributed by atoms with Crippen molar-refractivity contribution < 1.29 is 9.22 Å². The Hall–Kier alpha value is -1.68. The molecular weight excluding hydrogens is 528 g/mol. The van der Waals surface area contributed by atoms with Crippen LogP contribution in [0.4, 0.5) is 5.69 Å². The molecule has 4 nitrogen and oxygen atoms in total. The Kier molecular flexibility index (Phi) is 6.67. The lowest BCUT2D eigenvalue weighted by atomic mass is 9.51. The highest BCUT2D eigenvalue weighted by atomic mass is 79.9. The van der Waals surface area contributed by atoms with Crippen molar-refractivity contribution in [2.45, 2.75) is 76.5 Å². The SMILES string of the molecule is CN(C)c1ccc([C@H]2C[C@@]3(C)[C@@H](CC[C@@]3(C#N)O[Si](C)(C)CBr)[C@@H]3CCC4=CC(=O)CCC4=C32)cc1. The van der Waals surface area contributed by atoms with Gasteiger partial charge in [-0.25, -0.2) is 0 Å². The summed E-state index contributed by atoms with van der Waals surface area (Å²) in [5, 5.41) is 10.7. The molecule has 5 rings (SSSR count). The van der Waals surface area contributed by atoms with Gasteiger partial charge < -0.3 is 9.33 Å². The van der Waals surface area contributed by atoms with E-state index in [0.29, 0.717) is 18.3 Å². The molecule has 1 aromatic rings. The molecule has 0 unspecified atom stereocenters. The van der Waals surface area contributed by atoms with E-state index < -0.39 is 13.9 Å². The van der Waals surface area contributed by atoms with E-state index in [2.05, 4.69) is 85.3 Å². The summed E-state index contributed by atoms with van der Waals surface area (Å²) in [5.41, 5.74) is 5.90. The maximum absolute atomic E-state index is 12.3. The van der Waals surface area contributed by atoms with E-state index in [4.69, 9.17) is 4.43 Å². The van der Waals surface area contributed by atoms with Crippen LogP contribution in [0, 0.1) is 28.6 Å². The van der Waals surface area contributed by atoms with Gasteiger partial charge in [-0.15, -0.1) is 0 Å². The van der Waals surface area contributed by atoms with E-state index in [-0.39, 0.29) is 17.1 Å². The Labute approximate surface area is 226 Å². The van der Waals surface area contributed by atoms with Crippen molar-refractivity contribution in [2.24, 2.45) is 17.3 Å². The number of benzene rings is 1. The van der Waals surface area contributed by atoms with Gasteiger partial charge in [0.25, 0.3) is 0 Å². The molecule has 0 saturated heterocycles. The minimum absolute atomic E-state index is 0.209. The van der Waals surface area contributed by atoms with Gasteiger partial charge in [-0.3, -0.25) is 4.79 Å². The van der Waals surface area contributed by atoms with Crippen LogP contribution in [0.25, 0.3) is 0 Å². The normalized spacial score (nSPS) is 33.9. The largest absolute Gasteiger partial charge is 0.398 e. The zero-order valence-electron chi connectivity index (χ0n) is 22.4. The number of carbonyl (C=O) groups is 1. The zero-order valence-corrected chi connectivity index (χ0v) is 25.0. The molecule has 0 bridgehead atoms. The summed E-state index contributed by atoms with van der Waals surface area (Å²) in [6, 6.07) is 11.8. The van der Waals surface area contributed by atoms with Crippen LogP contribution in [-0.2, 0) is 9.22 Å². The van der Waals surface area contributed by atoms with Crippen LogP contribution in [0.5, 0.6) is 0 Å². The fraction of sp³-hybridized carbons (Fsp3) is 0.600. The van der Waals surface area contributed by atoms with Crippen molar-refractivity contribution in [2.75, 3.05) is 23.9 Å². The summed E-state index contributed by atoms with van der Waals surface area (Å²) in [7, 11) is 2.12. The molecule has 4 aliphatic carbocycles. The molecule has 1 aromatic carbocycles. The first-order chi connectivity index (χ1) is 17.0. The molecule has 4 aliphatic rings. The molecule has 36 heavy (non-hydrogen) atoms. The molecule has 0 radical (unpaired) electrons. The van der Waals surface area contributed by atoms with Gasteiger partial charge in [0.05, 0.1) is 6.07 Å². The average molecular weight is 568 g/mol. The Morgan fingerprint density at radius 2 is 1.89 bits per heavy atom. The van der Waals surface area contributed by atoms with Crippen molar-refractivity contribution in [3.8, 4) is 6.07 Å². The van der Waals surface area contributed by atoms with E-state index in [0.717, 1.165) is 43.5 Å². The molecular formula is C30H39BrN2O2Si. The predicted octanol–water partition coefficient (Wildman–Crippen LogP) is 7.07. The topological polar surface area (TPSA) is 53.3 Å². The molecule has 0 aromatic heterocycles. The smallest absolute Gasteiger partial charge is 0.199 e. The summed E-state index contributed by atoms with van der Waals surface area (Å²) < 4.78 is 6.94. The number of allylic oxidation sites excluding steroid dienone is 4. The number of rotatable bonds is 5. The number of alkyl halides is 1. The molecule has 6 heteroatoms. The quantitative estimate of drug-likeness (QED) is 0.282. The van der Waals surface area contributed by atoms with Gasteiger partial charge in [-0.2, -0.15) is 5.26 Å². The third-order valence-corrected chi connectivity index (χ3v) is 15.2. The Balaban J connectivity index is 1.66. The van der Waals surface area contributed by atoms with Gasteiger partial charge in [-0.1, -0.05) is 40.6 Å². The highest BCUT2D eigenvalue weighted by Gasteiger charge is 2.65. The lowest BCUT2D eigenvalue weighted by Crippen LogP contribution is -2.56. The standard InChI is InChI=1S/C30H39BrN2O2Si/c1-29-17-26(20-6-9-22(10-7-20)33(2)3)28-24-13-11-23(34)16-21(24)8-12-25(28)27(29)14-15-30(29,18-32)35-36(4,5)19-31/h6-7,9-10,16,25-27H,8,11-15,17,19H2,1-5H3/t25-,26+,27-,29-,30-/m0/s1. The summed E-state index contributed by atoms with van der Waals surface area (Å²) in [6.07, 6.45) is 8.28. The van der Waals surface area contributed by atoms with Crippen LogP contribution in [0.15, 0.2) is 47.1 Å². The number of hydrogen-bond acceptors (Lipinski definition) is 4. The third-order valence-electron chi connectivity index (χ3n) is 9.62. The minimum Gasteiger partial charge on any atom is -0.398 e. The van der Waals surface area contributed by atoms with Crippen LogP contribution < -0.4 is 4.90 Å². The van der Waals surface area contributed by atoms with Crippen molar-refractivity contribution >= 4 is 35.7 Å². The van der Waals surface area contributed by atoms with E-state index >= 15 is 0 Å². The summed E-state index contributed by atoms with van der Waals surface area (Å²) in [6.45, 7) is 6.81. The fourth-order valence-electron chi connectivity index (χ4n) is 7.83. The van der Waals surface area contributed by atoms with E-state index in [1.54, 1.807) is 5.57 Å². The number of ketones is 1. The first-order valence-electron chi connectivity index (χ1n) is 13.5. The van der Waals surface area contributed by atoms with Gasteiger partial charge in [0.2, 0.25) is 0 Å². The Morgan fingerprint density at radius 1 is 1.17 bits per heavy atom. The maximum Gasteiger partial charge on any atom is 0.199 e. The number of fused-ring (bicyclic) bond motifs is 4. The molecule has 0 spiro atoms. The van der Waals surface area contributed by atoms with Crippen molar-refractivity contribution in [1.29, 1.82) is 5.26 Å². The third kappa shape index (κ3) is 4.06. The van der Waals surface area contributed by atoms with Gasteiger partial charge in [-0.05, 0) is 98.4 Å². The van der Waals surface area contributed by atoms with Crippen LogP contribution in [0.1, 0.15) is 63.4 Å². The molecule has 2 saturated carbocycles. The highest BCUT2D eigenvalue weighted by Crippen LogP contribution is 2.67. The van der Waals surface area contributed by atoms with Gasteiger partial charge in [0.1, 0.15) is 5.60 Å². The lowest BCUT2D eigenvalue weighted by Gasteiger charge is -2.55. The Bertz CT molecular complexity index is 1160. The number of nitriles is 1. The van der Waals surface area contributed by atoms with Crippen LogP contribution >= 0.6 is 15.9 Å². The molecule has 192 valence electrons. The second-order valence-electron chi connectivity index (χ2n) is 12.5. The van der Waals surface area contributed by atoms with Crippen molar-refractivity contribution in [3.63, 3.8) is 0 Å². The first kappa shape index (κ1) is 25.9. The number of hydrogen-bond donors (Lipinski definition) is 0. The van der Waals surface area contributed by atoms with Crippen molar-refractivity contribution in [3.05, 3.63) is 52.6 Å². The molecule has 0 amide bonds. The zero-order chi connectivity index (χ0) is 25.9. The number of carbonyl (C=O) groups excluding carboxylic acids is 1. The summed E-state index contributed by atoms with van der Waals surface area (Å²) >= 11 is 3.68. The average Bonchev–Trinajstić information content (AvgIpc) is 3.14. The van der Waals surface area contributed by atoms with E-state index in [9.17, 15) is 10.1 Å². The molecule has 0 aliphatic heterocycles. The lowest BCUT2D eigenvalue weighted by molar-refractivity contribution is -0.114. The predicted molar refractivity (Wildman–Crippen MR) is 152 cm³/mol. The van der Waals surface area contributed by atoms with Crippen LogP contribution in [0.3, 0.4) is 0 Å². The van der Waals surface area contributed by atoms with E-state index in [1.807, 2.05) is 6.08 Å². The first-order valence-corrected chi connectivity index (χ1v) is 17.7. The van der Waals surface area contributed by atoms with E-state index in [1.165, 1.54) is 22.4 Å². The molecule has 2 fully saturated rings. The number of anilines is 1. The van der Waals surface area contributed by atoms with Gasteiger partial charge >= 0.3 is 0 Å². The number of halogens is 1. The maximum atomic E-state index is 12.3. The monoisotopic (exact) mass is 566 g/mol. The van der Waals surface area contributed by atoms with Gasteiger partial charge in [0, 0.05) is 42.5 Å². The number of nitrogens with zero attached hydrogens (tertiary/aromatic N) is 2. The minimum atomic E-state index is -2.03. The summed E-state index contributed by atoms with van der Waals surface area (Å²) in [4.78, 5) is 15.3. The Morgan fingerprint density at radius 3 is 2.53 bits per heavy atom. The van der Waals surface area contributed by atoms with Gasteiger partial charge in [0.15, 0.2) is 14.1 Å². The second-order valence-corrected chi connectivity index (χ2v) is 18.1. The molecule has 0 heterocycles. The summed E-state index contributed by atoms with van der Waals surface area (Å²) in [5.74, 6) is 1.43. The molecule has 0 N–H and O–H groups in total. The highest BCUT2D eigenvalue weighted by molar-refractivity contribution is 9.09.